The van der Waals surface area contributed by atoms with Gasteiger partial charge >= 0.3 is 5.97 Å². The van der Waals surface area contributed by atoms with E-state index in [9.17, 15) is 4.79 Å². The van der Waals surface area contributed by atoms with Gasteiger partial charge in [0.1, 0.15) is 11.6 Å². The molecule has 0 amide bonds. The molecule has 0 spiro atoms. The van der Waals surface area contributed by atoms with E-state index in [2.05, 4.69) is 21.4 Å². The van der Waals surface area contributed by atoms with E-state index >= 15 is 0 Å². The van der Waals surface area contributed by atoms with Crippen molar-refractivity contribution < 1.29 is 9.53 Å². The van der Waals surface area contributed by atoms with Crippen LogP contribution in [-0.4, -0.2) is 47.2 Å². The van der Waals surface area contributed by atoms with Gasteiger partial charge in [-0.15, -0.1) is 0 Å². The summed E-state index contributed by atoms with van der Waals surface area (Å²) in [7, 11) is 1.36. The molecule has 2 heterocycles. The van der Waals surface area contributed by atoms with Crippen LogP contribution in [0.25, 0.3) is 0 Å². The first kappa shape index (κ1) is 15.8. The monoisotopic (exact) mass is 294 g/mol. The number of methoxy groups -OCH3 is 1. The molecule has 1 aliphatic rings. The lowest BCUT2D eigenvalue weighted by atomic mass is 10.0. The van der Waals surface area contributed by atoms with Crippen LogP contribution >= 0.6 is 0 Å². The third-order valence-electron chi connectivity index (χ3n) is 4.18. The van der Waals surface area contributed by atoms with Gasteiger partial charge in [-0.2, -0.15) is 0 Å². The maximum atomic E-state index is 11.7. The highest BCUT2D eigenvalue weighted by molar-refractivity contribution is 5.92. The van der Waals surface area contributed by atoms with Gasteiger partial charge in [0.25, 0.3) is 0 Å². The highest BCUT2D eigenvalue weighted by Crippen LogP contribution is 2.29. The molecule has 1 aromatic rings. The van der Waals surface area contributed by atoms with E-state index in [0.717, 1.165) is 44.7 Å². The molecule has 1 saturated heterocycles. The zero-order chi connectivity index (χ0) is 15.4. The average Bonchev–Trinajstić information content (AvgIpc) is 2.84. The summed E-state index contributed by atoms with van der Waals surface area (Å²) in [5.41, 5.74) is 6.42. The van der Waals surface area contributed by atoms with Gasteiger partial charge in [-0.25, -0.2) is 9.78 Å². The van der Waals surface area contributed by atoms with Crippen LogP contribution < -0.4 is 5.73 Å². The molecule has 0 aliphatic carbocycles. The molecule has 0 atom stereocenters. The Morgan fingerprint density at radius 1 is 1.38 bits per heavy atom. The van der Waals surface area contributed by atoms with Crippen molar-refractivity contribution in [2.45, 2.75) is 45.6 Å². The number of carbonyl (C=O) groups excluding carboxylic acids is 1. The van der Waals surface area contributed by atoms with E-state index in [-0.39, 0.29) is 5.69 Å². The van der Waals surface area contributed by atoms with Gasteiger partial charge in [-0.1, -0.05) is 13.8 Å². The number of esters is 1. The molecule has 6 heteroatoms. The van der Waals surface area contributed by atoms with Crippen molar-refractivity contribution in [2.24, 2.45) is 0 Å². The van der Waals surface area contributed by atoms with Gasteiger partial charge in [-0.05, 0) is 25.8 Å². The largest absolute Gasteiger partial charge is 0.464 e. The van der Waals surface area contributed by atoms with Crippen LogP contribution in [0.3, 0.4) is 0 Å². The Bertz CT molecular complexity index is 490. The molecule has 21 heavy (non-hydrogen) atoms. The number of likely N-dealkylation sites (tertiary alicyclic amines) is 1. The molecule has 2 rings (SSSR count). The Kier molecular flexibility index (Phi) is 5.22. The molecule has 6 nitrogen and oxygen atoms in total. The van der Waals surface area contributed by atoms with Crippen LogP contribution in [0.15, 0.2) is 0 Å². The van der Waals surface area contributed by atoms with Crippen LogP contribution in [0.4, 0.5) is 5.82 Å². The van der Waals surface area contributed by atoms with Crippen LogP contribution in [0.5, 0.6) is 0 Å². The quantitative estimate of drug-likeness (QED) is 0.839. The second-order valence-corrected chi connectivity index (χ2v) is 5.55. The fourth-order valence-electron chi connectivity index (χ4n) is 3.11. The van der Waals surface area contributed by atoms with Crippen LogP contribution in [-0.2, 0) is 11.2 Å². The lowest BCUT2D eigenvalue weighted by Crippen LogP contribution is -2.35. The minimum absolute atomic E-state index is 0.255. The first-order chi connectivity index (χ1) is 10.1. The fourth-order valence-corrected chi connectivity index (χ4v) is 3.11. The topological polar surface area (TPSA) is 73.4 Å². The number of carbonyl (C=O) groups is 1. The molecule has 1 aliphatic heterocycles. The maximum absolute atomic E-state index is 11.7. The Morgan fingerprint density at radius 2 is 2.05 bits per heavy atom. The molecule has 2 N–H and O–H groups in total. The molecule has 118 valence electrons. The first-order valence-corrected chi connectivity index (χ1v) is 7.79. The maximum Gasteiger partial charge on any atom is 0.360 e. The molecule has 0 bridgehead atoms. The number of nitrogen functional groups attached to an aromatic ring is 1. The fraction of sp³-hybridized carbons (Fsp3) is 0.733. The second kappa shape index (κ2) is 6.93. The summed E-state index contributed by atoms with van der Waals surface area (Å²) >= 11 is 0. The minimum atomic E-state index is -0.454. The van der Waals surface area contributed by atoms with Crippen molar-refractivity contribution in [3.63, 3.8) is 0 Å². The van der Waals surface area contributed by atoms with Crippen molar-refractivity contribution in [2.75, 3.05) is 32.5 Å². The number of anilines is 1. The van der Waals surface area contributed by atoms with Gasteiger partial charge in [0, 0.05) is 25.6 Å². The summed E-state index contributed by atoms with van der Waals surface area (Å²) in [6.07, 6.45) is 4.04. The second-order valence-electron chi connectivity index (χ2n) is 5.55. The van der Waals surface area contributed by atoms with E-state index < -0.39 is 5.97 Å². The zero-order valence-corrected chi connectivity index (χ0v) is 13.3. The van der Waals surface area contributed by atoms with Gasteiger partial charge in [0.05, 0.1) is 7.11 Å². The minimum Gasteiger partial charge on any atom is -0.464 e. The Balaban J connectivity index is 2.20. The number of hydrogen-bond acceptors (Lipinski definition) is 5. The van der Waals surface area contributed by atoms with Crippen molar-refractivity contribution in [1.29, 1.82) is 0 Å². The predicted octanol–water partition coefficient (Wildman–Crippen LogP) is 1.86. The van der Waals surface area contributed by atoms with E-state index in [1.54, 1.807) is 0 Å². The Hall–Kier alpha value is -1.56. The molecule has 1 aromatic heterocycles. The normalized spacial score (nSPS) is 17.1. The molecular weight excluding hydrogens is 268 g/mol. The number of aromatic nitrogens is 2. The zero-order valence-electron chi connectivity index (χ0n) is 13.3. The van der Waals surface area contributed by atoms with Crippen LogP contribution in [0.1, 0.15) is 55.5 Å². The number of ether oxygens (including phenoxy) is 1. The third kappa shape index (κ3) is 3.20. The van der Waals surface area contributed by atoms with Crippen molar-refractivity contribution in [3.8, 4) is 0 Å². The lowest BCUT2D eigenvalue weighted by Gasteiger charge is -2.33. The van der Waals surface area contributed by atoms with E-state index in [0.29, 0.717) is 11.9 Å². The first-order valence-electron chi connectivity index (χ1n) is 7.79. The summed E-state index contributed by atoms with van der Waals surface area (Å²) in [5.74, 6) is 0.874. The number of aryl methyl sites for hydroxylation is 1. The standard InChI is InChI=1S/C15H26N4O2/c1-4-8-18-9-6-11(7-10-18)19-12(5-2)17-13(14(19)16)15(20)21-3/h11H,4-10,16H2,1-3H3. The SMILES string of the molecule is CCCN1CCC(n2c(CC)nc(C(=O)OC)c2N)CC1. The molecule has 0 unspecified atom stereocenters. The Morgan fingerprint density at radius 3 is 2.57 bits per heavy atom. The number of hydrogen-bond donors (Lipinski definition) is 1. The third-order valence-corrected chi connectivity index (χ3v) is 4.18. The van der Waals surface area contributed by atoms with Crippen LogP contribution in [0.2, 0.25) is 0 Å². The number of rotatable bonds is 5. The highest BCUT2D eigenvalue weighted by atomic mass is 16.5. The van der Waals surface area contributed by atoms with E-state index in [1.165, 1.54) is 13.5 Å². The summed E-state index contributed by atoms with van der Waals surface area (Å²) < 4.78 is 6.81. The van der Waals surface area contributed by atoms with Crippen molar-refractivity contribution in [1.82, 2.24) is 14.5 Å². The van der Waals surface area contributed by atoms with E-state index in [4.69, 9.17) is 10.5 Å². The Labute approximate surface area is 126 Å². The molecule has 0 radical (unpaired) electrons. The number of nitrogens with two attached hydrogens (primary N) is 1. The average molecular weight is 294 g/mol. The molecule has 1 fully saturated rings. The van der Waals surface area contributed by atoms with Gasteiger partial charge in [0.15, 0.2) is 5.69 Å². The lowest BCUT2D eigenvalue weighted by molar-refractivity contribution is 0.0595. The molecule has 0 saturated carbocycles. The summed E-state index contributed by atoms with van der Waals surface area (Å²) in [6, 6.07) is 0.332. The van der Waals surface area contributed by atoms with Gasteiger partial charge in [-0.3, -0.25) is 0 Å². The van der Waals surface area contributed by atoms with Gasteiger partial charge in [0.2, 0.25) is 0 Å². The summed E-state index contributed by atoms with van der Waals surface area (Å²) in [4.78, 5) is 18.6. The predicted molar refractivity (Wildman–Crippen MR) is 82.4 cm³/mol. The summed E-state index contributed by atoms with van der Waals surface area (Å²) in [5, 5.41) is 0. The number of piperidine rings is 1. The van der Waals surface area contributed by atoms with Crippen LogP contribution in [0, 0.1) is 0 Å². The number of imidazole rings is 1. The highest BCUT2D eigenvalue weighted by Gasteiger charge is 2.27. The summed E-state index contributed by atoms with van der Waals surface area (Å²) in [6.45, 7) is 7.54. The van der Waals surface area contributed by atoms with Gasteiger partial charge < -0.3 is 19.9 Å². The molecule has 0 aromatic carbocycles. The van der Waals surface area contributed by atoms with Crippen molar-refractivity contribution in [3.05, 3.63) is 11.5 Å². The van der Waals surface area contributed by atoms with E-state index in [1.807, 2.05) is 6.92 Å². The van der Waals surface area contributed by atoms with Crippen molar-refractivity contribution >= 4 is 11.8 Å². The molecular formula is C15H26N4O2. The number of nitrogens with zero attached hydrogens (tertiary/aromatic N) is 3. The smallest absolute Gasteiger partial charge is 0.360 e.